The topological polar surface area (TPSA) is 76.3 Å². The van der Waals surface area contributed by atoms with E-state index in [2.05, 4.69) is 4.98 Å². The van der Waals surface area contributed by atoms with Gasteiger partial charge < -0.3 is 5.11 Å². The molecule has 1 aromatic heterocycles. The van der Waals surface area contributed by atoms with Crippen molar-refractivity contribution in [3.8, 4) is 5.75 Å². The molecule has 1 N–H and O–H groups in total. The molecular formula is C10H8N2O3. The number of rotatable bonds is 1. The molecule has 0 amide bonds. The van der Waals surface area contributed by atoms with E-state index in [9.17, 15) is 15.2 Å². The highest BCUT2D eigenvalue weighted by molar-refractivity contribution is 5.89. The molecule has 0 aliphatic rings. The van der Waals surface area contributed by atoms with E-state index in [1.807, 2.05) is 0 Å². The highest BCUT2D eigenvalue weighted by Gasteiger charge is 2.09. The molecule has 0 bridgehead atoms. The summed E-state index contributed by atoms with van der Waals surface area (Å²) in [6, 6.07) is 4.28. The summed E-state index contributed by atoms with van der Waals surface area (Å²) in [5.41, 5.74) is 0.504. The minimum absolute atomic E-state index is 0.00690. The molecule has 5 heteroatoms. The van der Waals surface area contributed by atoms with Crippen molar-refractivity contribution < 1.29 is 10.0 Å². The minimum atomic E-state index is -0.476. The molecule has 0 fully saturated rings. The van der Waals surface area contributed by atoms with Crippen LogP contribution in [0.15, 0.2) is 24.4 Å². The van der Waals surface area contributed by atoms with Gasteiger partial charge in [-0.2, -0.15) is 0 Å². The Bertz CT molecular complexity index is 552. The monoisotopic (exact) mass is 204 g/mol. The third kappa shape index (κ3) is 1.48. The van der Waals surface area contributed by atoms with Crippen LogP contribution in [-0.2, 0) is 0 Å². The van der Waals surface area contributed by atoms with Crippen molar-refractivity contribution in [2.24, 2.45) is 0 Å². The smallest absolute Gasteiger partial charge is 0.270 e. The Morgan fingerprint density at radius 1 is 1.47 bits per heavy atom. The van der Waals surface area contributed by atoms with Gasteiger partial charge in [0.25, 0.3) is 5.69 Å². The van der Waals surface area contributed by atoms with Crippen LogP contribution in [0, 0.1) is 17.0 Å². The molecular weight excluding hydrogens is 196 g/mol. The number of non-ortho nitro benzene ring substituents is 1. The third-order valence-corrected chi connectivity index (χ3v) is 2.24. The molecule has 0 aliphatic carbocycles. The predicted octanol–water partition coefficient (Wildman–Crippen LogP) is 2.16. The van der Waals surface area contributed by atoms with Gasteiger partial charge in [-0.15, -0.1) is 0 Å². The first-order valence-electron chi connectivity index (χ1n) is 4.32. The molecule has 0 unspecified atom stereocenters. The van der Waals surface area contributed by atoms with E-state index < -0.39 is 4.92 Å². The third-order valence-electron chi connectivity index (χ3n) is 2.24. The van der Waals surface area contributed by atoms with E-state index in [1.165, 1.54) is 24.4 Å². The lowest BCUT2D eigenvalue weighted by Crippen LogP contribution is -1.89. The summed E-state index contributed by atoms with van der Waals surface area (Å²) < 4.78 is 0. The molecule has 0 atom stereocenters. The number of fused-ring (bicyclic) bond motifs is 1. The lowest BCUT2D eigenvalue weighted by atomic mass is 10.1. The highest BCUT2D eigenvalue weighted by Crippen LogP contribution is 2.28. The van der Waals surface area contributed by atoms with Crippen molar-refractivity contribution >= 4 is 16.5 Å². The average Bonchev–Trinajstić information content (AvgIpc) is 2.23. The molecule has 1 heterocycles. The van der Waals surface area contributed by atoms with Gasteiger partial charge in [-0.1, -0.05) is 0 Å². The zero-order valence-corrected chi connectivity index (χ0v) is 7.97. The lowest BCUT2D eigenvalue weighted by Gasteiger charge is -2.02. The fourth-order valence-corrected chi connectivity index (χ4v) is 1.41. The van der Waals surface area contributed by atoms with Crippen LogP contribution in [0.1, 0.15) is 5.69 Å². The van der Waals surface area contributed by atoms with E-state index in [0.717, 1.165) is 0 Å². The van der Waals surface area contributed by atoms with Gasteiger partial charge in [-0.3, -0.25) is 15.1 Å². The van der Waals surface area contributed by atoms with E-state index in [4.69, 9.17) is 0 Å². The van der Waals surface area contributed by atoms with Gasteiger partial charge in [0.15, 0.2) is 0 Å². The summed E-state index contributed by atoms with van der Waals surface area (Å²) in [6.45, 7) is 1.68. The second-order valence-corrected chi connectivity index (χ2v) is 3.22. The van der Waals surface area contributed by atoms with Crippen molar-refractivity contribution in [2.75, 3.05) is 0 Å². The minimum Gasteiger partial charge on any atom is -0.505 e. The van der Waals surface area contributed by atoms with Crippen LogP contribution in [0.4, 0.5) is 5.69 Å². The Morgan fingerprint density at radius 3 is 2.87 bits per heavy atom. The SMILES string of the molecule is Cc1ncc2cc([N+](=O)[O-])ccc2c1O. The Balaban J connectivity index is 2.75. The van der Waals surface area contributed by atoms with E-state index in [0.29, 0.717) is 16.5 Å². The molecule has 0 saturated carbocycles. The van der Waals surface area contributed by atoms with Crippen molar-refractivity contribution in [3.63, 3.8) is 0 Å². The second-order valence-electron chi connectivity index (χ2n) is 3.22. The number of hydrogen-bond acceptors (Lipinski definition) is 4. The first-order chi connectivity index (χ1) is 7.09. The van der Waals surface area contributed by atoms with Crippen LogP contribution in [0.2, 0.25) is 0 Å². The number of nitro groups is 1. The maximum absolute atomic E-state index is 10.5. The molecule has 2 rings (SSSR count). The molecule has 76 valence electrons. The van der Waals surface area contributed by atoms with Gasteiger partial charge in [-0.25, -0.2) is 0 Å². The van der Waals surface area contributed by atoms with Crippen LogP contribution < -0.4 is 0 Å². The van der Waals surface area contributed by atoms with Crippen molar-refractivity contribution in [1.29, 1.82) is 0 Å². The summed E-state index contributed by atoms with van der Waals surface area (Å²) in [5, 5.41) is 21.3. The van der Waals surface area contributed by atoms with Crippen molar-refractivity contribution in [3.05, 3.63) is 40.2 Å². The van der Waals surface area contributed by atoms with Crippen LogP contribution >= 0.6 is 0 Å². The normalized spacial score (nSPS) is 10.5. The number of nitrogens with zero attached hydrogens (tertiary/aromatic N) is 2. The first kappa shape index (κ1) is 9.39. The summed E-state index contributed by atoms with van der Waals surface area (Å²) >= 11 is 0. The molecule has 0 radical (unpaired) electrons. The molecule has 0 aliphatic heterocycles. The van der Waals surface area contributed by atoms with Gasteiger partial charge >= 0.3 is 0 Å². The highest BCUT2D eigenvalue weighted by atomic mass is 16.6. The maximum atomic E-state index is 10.5. The summed E-state index contributed by atoms with van der Waals surface area (Å²) in [4.78, 5) is 14.0. The largest absolute Gasteiger partial charge is 0.505 e. The first-order valence-corrected chi connectivity index (χ1v) is 4.32. The summed E-state index contributed by atoms with van der Waals surface area (Å²) in [6.07, 6.45) is 1.51. The van der Waals surface area contributed by atoms with E-state index in [-0.39, 0.29) is 11.4 Å². The Labute approximate surface area is 85.1 Å². The van der Waals surface area contributed by atoms with Crippen molar-refractivity contribution in [2.45, 2.75) is 6.92 Å². The van der Waals surface area contributed by atoms with Crippen LogP contribution in [0.25, 0.3) is 10.8 Å². The Hall–Kier alpha value is -2.17. The van der Waals surface area contributed by atoms with Crippen LogP contribution in [0.5, 0.6) is 5.75 Å². The van der Waals surface area contributed by atoms with Gasteiger partial charge in [0.1, 0.15) is 5.75 Å². The number of aryl methyl sites for hydroxylation is 1. The molecule has 5 nitrogen and oxygen atoms in total. The predicted molar refractivity (Wildman–Crippen MR) is 54.8 cm³/mol. The fraction of sp³-hybridized carbons (Fsp3) is 0.100. The molecule has 2 aromatic rings. The van der Waals surface area contributed by atoms with Gasteiger partial charge in [0, 0.05) is 29.1 Å². The number of aromatic nitrogens is 1. The van der Waals surface area contributed by atoms with Gasteiger partial charge in [-0.05, 0) is 13.0 Å². The van der Waals surface area contributed by atoms with Crippen LogP contribution in [0.3, 0.4) is 0 Å². The Morgan fingerprint density at radius 2 is 2.20 bits per heavy atom. The number of pyridine rings is 1. The molecule has 0 spiro atoms. The standard InChI is InChI=1S/C10H8N2O3/c1-6-10(13)9-3-2-8(12(14)15)4-7(9)5-11-6/h2-5,13H,1H3. The Kier molecular flexibility index (Phi) is 2.00. The number of benzene rings is 1. The van der Waals surface area contributed by atoms with Crippen molar-refractivity contribution in [1.82, 2.24) is 4.98 Å². The fourth-order valence-electron chi connectivity index (χ4n) is 1.41. The lowest BCUT2D eigenvalue weighted by molar-refractivity contribution is -0.384. The van der Waals surface area contributed by atoms with Gasteiger partial charge in [0.05, 0.1) is 10.6 Å². The molecule has 15 heavy (non-hydrogen) atoms. The number of nitro benzene ring substituents is 1. The summed E-state index contributed by atoms with van der Waals surface area (Å²) in [5.74, 6) is 0.0717. The van der Waals surface area contributed by atoms with Crippen LogP contribution in [-0.4, -0.2) is 15.0 Å². The van der Waals surface area contributed by atoms with Gasteiger partial charge in [0.2, 0.25) is 0 Å². The summed E-state index contributed by atoms with van der Waals surface area (Å²) in [7, 11) is 0. The zero-order chi connectivity index (χ0) is 11.0. The second kappa shape index (κ2) is 3.20. The molecule has 0 saturated heterocycles. The molecule has 1 aromatic carbocycles. The number of hydrogen-bond donors (Lipinski definition) is 1. The maximum Gasteiger partial charge on any atom is 0.270 e. The van der Waals surface area contributed by atoms with E-state index >= 15 is 0 Å². The van der Waals surface area contributed by atoms with E-state index in [1.54, 1.807) is 6.92 Å². The average molecular weight is 204 g/mol. The quantitative estimate of drug-likeness (QED) is 0.570. The number of aromatic hydroxyl groups is 1. The zero-order valence-electron chi connectivity index (χ0n) is 7.97.